The van der Waals surface area contributed by atoms with Gasteiger partial charge >= 0.3 is 5.97 Å². The highest BCUT2D eigenvalue weighted by Crippen LogP contribution is 2.24. The molecule has 0 bridgehead atoms. The van der Waals surface area contributed by atoms with E-state index in [4.69, 9.17) is 0 Å². The molecule has 156 valence electrons. The topological polar surface area (TPSA) is 101 Å². The number of carbonyl (C=O) groups excluding carboxylic acids is 1. The van der Waals surface area contributed by atoms with Crippen molar-refractivity contribution in [2.24, 2.45) is 0 Å². The number of carbonyl (C=O) groups is 2. The lowest BCUT2D eigenvalue weighted by atomic mass is 9.97. The normalized spacial score (nSPS) is 13.6. The first-order valence-electron chi connectivity index (χ1n) is 9.99. The van der Waals surface area contributed by atoms with Crippen LogP contribution in [0.1, 0.15) is 63.6 Å². The monoisotopic (exact) mass is 408 g/mol. The Hall–Kier alpha value is -3.48. The third-order valence-corrected chi connectivity index (χ3v) is 5.29. The van der Waals surface area contributed by atoms with Gasteiger partial charge in [0.15, 0.2) is 0 Å². The van der Waals surface area contributed by atoms with E-state index < -0.39 is 10.9 Å². The Morgan fingerprint density at radius 1 is 1.20 bits per heavy atom. The lowest BCUT2D eigenvalue weighted by Crippen LogP contribution is -2.36. The average Bonchev–Trinajstić information content (AvgIpc) is 2.75. The minimum absolute atomic E-state index is 0.0120. The fourth-order valence-corrected chi connectivity index (χ4v) is 3.59. The first kappa shape index (κ1) is 21.2. The lowest BCUT2D eigenvalue weighted by molar-refractivity contribution is -0.426. The number of benzene rings is 2. The van der Waals surface area contributed by atoms with E-state index in [0.717, 1.165) is 12.0 Å². The first-order valence-corrected chi connectivity index (χ1v) is 9.99. The van der Waals surface area contributed by atoms with Gasteiger partial charge in [0.25, 0.3) is 5.91 Å². The van der Waals surface area contributed by atoms with E-state index in [1.54, 1.807) is 4.90 Å². The molecule has 1 amide bonds. The van der Waals surface area contributed by atoms with E-state index in [9.17, 15) is 24.8 Å². The Labute approximate surface area is 174 Å². The van der Waals surface area contributed by atoms with Crippen molar-refractivity contribution in [3.8, 4) is 0 Å². The molecule has 30 heavy (non-hydrogen) atoms. The van der Waals surface area contributed by atoms with Crippen molar-refractivity contribution in [2.75, 3.05) is 6.54 Å². The van der Waals surface area contributed by atoms with E-state index in [2.05, 4.69) is 0 Å². The van der Waals surface area contributed by atoms with Crippen LogP contribution >= 0.6 is 0 Å². The van der Waals surface area contributed by atoms with Gasteiger partial charge in [-0.1, -0.05) is 43.7 Å². The van der Waals surface area contributed by atoms with E-state index in [0.29, 0.717) is 31.5 Å². The van der Waals surface area contributed by atoms with Crippen LogP contribution < -0.4 is 0 Å². The summed E-state index contributed by atoms with van der Waals surface area (Å²) in [6, 6.07) is 12.0. The zero-order valence-corrected chi connectivity index (χ0v) is 16.8. The van der Waals surface area contributed by atoms with Gasteiger partial charge in [-0.25, -0.2) is 4.79 Å². The molecule has 0 aliphatic carbocycles. The van der Waals surface area contributed by atoms with E-state index in [-0.39, 0.29) is 29.2 Å². The summed E-state index contributed by atoms with van der Waals surface area (Å²) in [6.45, 7) is 2.88. The zero-order valence-electron chi connectivity index (χ0n) is 16.8. The molecule has 1 heterocycles. The van der Waals surface area contributed by atoms with E-state index in [1.165, 1.54) is 29.8 Å². The molecule has 7 heteroatoms. The Balaban J connectivity index is 1.99. The molecule has 7 nitrogen and oxygen atoms in total. The van der Waals surface area contributed by atoms with Crippen molar-refractivity contribution in [1.82, 2.24) is 4.90 Å². The fraction of sp³-hybridized carbons (Fsp3) is 0.304. The summed E-state index contributed by atoms with van der Waals surface area (Å²) in [5.41, 5.74) is 2.77. The van der Waals surface area contributed by atoms with Crippen molar-refractivity contribution in [1.29, 1.82) is 0 Å². The summed E-state index contributed by atoms with van der Waals surface area (Å²) in [6.07, 6.45) is 3.86. The second-order valence-electron chi connectivity index (χ2n) is 7.35. The third-order valence-electron chi connectivity index (χ3n) is 5.29. The van der Waals surface area contributed by atoms with Crippen LogP contribution in [0.4, 0.5) is 0 Å². The van der Waals surface area contributed by atoms with Crippen LogP contribution in [0.2, 0.25) is 0 Å². The van der Waals surface area contributed by atoms with Crippen LogP contribution in [0.25, 0.3) is 6.08 Å². The number of nitrogens with zero attached hydrogens (tertiary/aromatic N) is 2. The zero-order chi connectivity index (χ0) is 21.7. The number of rotatable bonds is 7. The Morgan fingerprint density at radius 2 is 1.93 bits per heavy atom. The first-order chi connectivity index (χ1) is 14.4. The number of fused-ring (bicyclic) bond motifs is 1. The molecule has 1 N–H and O–H groups in total. The number of amides is 1. The maximum atomic E-state index is 13.3. The third kappa shape index (κ3) is 4.74. The summed E-state index contributed by atoms with van der Waals surface area (Å²) in [7, 11) is 0. The standard InChI is InChI=1S/C23H24N2O5/c1-2-3-8-20(25(29)30)13-17-9-10-18(23(27)28)14-21(17)22(26)24-12-11-16-6-4-5-7-19(16)15-24/h4-7,9-10,13-14H,2-3,8,11-12,15H2,1H3,(H,27,28)/b20-13+. The highest BCUT2D eigenvalue weighted by Gasteiger charge is 2.25. The van der Waals surface area contributed by atoms with Gasteiger partial charge in [-0.05, 0) is 41.7 Å². The van der Waals surface area contributed by atoms with E-state index >= 15 is 0 Å². The van der Waals surface area contributed by atoms with Crippen molar-refractivity contribution in [2.45, 2.75) is 39.2 Å². The maximum absolute atomic E-state index is 13.3. The summed E-state index contributed by atoms with van der Waals surface area (Å²) < 4.78 is 0. The summed E-state index contributed by atoms with van der Waals surface area (Å²) in [5.74, 6) is -1.47. The Kier molecular flexibility index (Phi) is 6.61. The Morgan fingerprint density at radius 3 is 2.60 bits per heavy atom. The van der Waals surface area contributed by atoms with Gasteiger partial charge in [0.05, 0.1) is 10.5 Å². The van der Waals surface area contributed by atoms with Gasteiger partial charge in [-0.3, -0.25) is 14.9 Å². The van der Waals surface area contributed by atoms with Gasteiger partial charge < -0.3 is 10.0 Å². The van der Waals surface area contributed by atoms with Crippen LogP contribution in [0, 0.1) is 10.1 Å². The van der Waals surface area contributed by atoms with Crippen molar-refractivity contribution >= 4 is 18.0 Å². The minimum Gasteiger partial charge on any atom is -0.478 e. The fourth-order valence-electron chi connectivity index (χ4n) is 3.59. The van der Waals surface area contributed by atoms with Gasteiger partial charge in [0.2, 0.25) is 5.70 Å². The van der Waals surface area contributed by atoms with Crippen molar-refractivity contribution in [3.05, 3.63) is 86.1 Å². The largest absolute Gasteiger partial charge is 0.478 e. The summed E-state index contributed by atoms with van der Waals surface area (Å²) >= 11 is 0. The molecule has 0 aromatic heterocycles. The predicted octanol–water partition coefficient (Wildman–Crippen LogP) is 4.39. The van der Waals surface area contributed by atoms with Crippen LogP contribution in [0.15, 0.2) is 48.2 Å². The molecule has 2 aromatic rings. The summed E-state index contributed by atoms with van der Waals surface area (Å²) in [4.78, 5) is 37.4. The molecular formula is C23H24N2O5. The SMILES string of the molecule is CCCC/C(=C\c1ccc(C(=O)O)cc1C(=O)N1CCc2ccccc2C1)[N+](=O)[O-]. The van der Waals surface area contributed by atoms with Crippen LogP contribution in [-0.4, -0.2) is 33.4 Å². The van der Waals surface area contributed by atoms with Gasteiger partial charge in [0.1, 0.15) is 0 Å². The van der Waals surface area contributed by atoms with Gasteiger partial charge in [-0.15, -0.1) is 0 Å². The molecule has 0 radical (unpaired) electrons. The summed E-state index contributed by atoms with van der Waals surface area (Å²) in [5, 5.41) is 20.8. The smallest absolute Gasteiger partial charge is 0.335 e. The minimum atomic E-state index is -1.15. The predicted molar refractivity (Wildman–Crippen MR) is 113 cm³/mol. The number of carboxylic acids is 1. The number of allylic oxidation sites excluding steroid dienone is 1. The highest BCUT2D eigenvalue weighted by molar-refractivity contribution is 6.00. The molecule has 1 aliphatic heterocycles. The molecule has 0 unspecified atom stereocenters. The number of hydrogen-bond donors (Lipinski definition) is 1. The number of carboxylic acid groups (broad SMARTS) is 1. The lowest BCUT2D eigenvalue weighted by Gasteiger charge is -2.29. The molecular weight excluding hydrogens is 384 g/mol. The number of unbranched alkanes of at least 4 members (excludes halogenated alkanes) is 1. The Bertz CT molecular complexity index is 1010. The maximum Gasteiger partial charge on any atom is 0.335 e. The highest BCUT2D eigenvalue weighted by atomic mass is 16.6. The molecule has 1 aliphatic rings. The van der Waals surface area contributed by atoms with Gasteiger partial charge in [-0.2, -0.15) is 0 Å². The van der Waals surface area contributed by atoms with Crippen LogP contribution in [0.3, 0.4) is 0 Å². The molecule has 0 fully saturated rings. The number of aromatic carboxylic acids is 1. The number of nitro groups is 1. The second-order valence-corrected chi connectivity index (χ2v) is 7.35. The molecule has 0 saturated carbocycles. The average molecular weight is 408 g/mol. The molecule has 0 atom stereocenters. The quantitative estimate of drug-likeness (QED) is 0.541. The molecule has 0 spiro atoms. The second kappa shape index (κ2) is 9.35. The van der Waals surface area contributed by atoms with Crippen LogP contribution in [-0.2, 0) is 13.0 Å². The van der Waals surface area contributed by atoms with Crippen molar-refractivity contribution < 1.29 is 19.6 Å². The molecule has 0 saturated heterocycles. The van der Waals surface area contributed by atoms with Gasteiger partial charge in [0, 0.05) is 31.1 Å². The molecule has 3 rings (SSSR count). The van der Waals surface area contributed by atoms with Crippen molar-refractivity contribution in [3.63, 3.8) is 0 Å². The van der Waals surface area contributed by atoms with Crippen LogP contribution in [0.5, 0.6) is 0 Å². The number of hydrogen-bond acceptors (Lipinski definition) is 4. The van der Waals surface area contributed by atoms with E-state index in [1.807, 2.05) is 31.2 Å². The molecule has 2 aromatic carbocycles.